The standard InChI is InChI=1S/C34H33N5O2/c40-34(41)31-19-30-27-13-6-14-28(30)29(31)11-4-2-8-23-18-24(17-22-7-1-3-10-25(22)23)36-38-33-20-32(37-39-33)35-16-15-21-9-5-12-26(21)27/h1,3,6-7,9-10,12-14,17-18,20,36H,2,4-5,8,11,15-16,19H2,(H,40,41)(H3,35,37,38,39). The van der Waals surface area contributed by atoms with E-state index in [-0.39, 0.29) is 0 Å². The Morgan fingerprint density at radius 2 is 1.76 bits per heavy atom. The van der Waals surface area contributed by atoms with Crippen LogP contribution < -0.4 is 16.2 Å². The molecule has 4 aromatic rings. The largest absolute Gasteiger partial charge is 0.478 e. The SMILES string of the molecule is O=C(O)C1=C2CCCCc3cc(cc4ccccc34)NNc3cc(n[nH]3)NCCC3=CCC=C3c3cccc2c3C1. The van der Waals surface area contributed by atoms with Crippen molar-refractivity contribution in [1.82, 2.24) is 10.2 Å². The number of fused-ring (bicyclic) bond motifs is 8. The van der Waals surface area contributed by atoms with E-state index in [2.05, 4.69) is 93.1 Å². The van der Waals surface area contributed by atoms with Crippen molar-refractivity contribution < 1.29 is 9.90 Å². The summed E-state index contributed by atoms with van der Waals surface area (Å²) in [5.74, 6) is 0.766. The summed E-state index contributed by atoms with van der Waals surface area (Å²) in [7, 11) is 0. The second-order valence-electron chi connectivity index (χ2n) is 11.0. The molecule has 0 saturated heterocycles. The number of nitrogens with one attached hydrogen (secondary N) is 4. The van der Waals surface area contributed by atoms with Gasteiger partial charge >= 0.3 is 5.97 Å². The number of hydrogen-bond acceptors (Lipinski definition) is 5. The van der Waals surface area contributed by atoms with Crippen LogP contribution in [-0.4, -0.2) is 27.8 Å². The minimum Gasteiger partial charge on any atom is -0.478 e. The molecule has 0 saturated carbocycles. The van der Waals surface area contributed by atoms with Crippen molar-refractivity contribution in [2.75, 3.05) is 22.7 Å². The molecule has 1 aromatic heterocycles. The summed E-state index contributed by atoms with van der Waals surface area (Å²) in [6.45, 7) is 0.744. The van der Waals surface area contributed by atoms with Gasteiger partial charge in [0, 0.05) is 24.6 Å². The minimum atomic E-state index is -0.799. The summed E-state index contributed by atoms with van der Waals surface area (Å²) in [6.07, 6.45) is 10.4. The number of H-pyrrole nitrogens is 1. The van der Waals surface area contributed by atoms with Gasteiger partial charge in [0.05, 0.1) is 5.69 Å². The van der Waals surface area contributed by atoms with E-state index >= 15 is 0 Å². The zero-order valence-corrected chi connectivity index (χ0v) is 22.9. The number of anilines is 3. The zero-order chi connectivity index (χ0) is 27.8. The predicted octanol–water partition coefficient (Wildman–Crippen LogP) is 7.34. The van der Waals surface area contributed by atoms with Gasteiger partial charge in [-0.1, -0.05) is 54.6 Å². The smallest absolute Gasteiger partial charge is 0.332 e. The molecule has 7 rings (SSSR count). The van der Waals surface area contributed by atoms with Crippen molar-refractivity contribution in [3.63, 3.8) is 0 Å². The molecule has 0 amide bonds. The van der Waals surface area contributed by atoms with Crippen LogP contribution in [0.5, 0.6) is 0 Å². The molecule has 0 atom stereocenters. The van der Waals surface area contributed by atoms with Crippen molar-refractivity contribution >= 4 is 45.2 Å². The van der Waals surface area contributed by atoms with E-state index in [1.807, 2.05) is 6.07 Å². The second-order valence-corrected chi connectivity index (χ2v) is 11.0. The quantitative estimate of drug-likeness (QED) is 0.172. The highest BCUT2D eigenvalue weighted by atomic mass is 16.4. The van der Waals surface area contributed by atoms with Crippen molar-refractivity contribution in [2.24, 2.45) is 0 Å². The number of carboxylic acid groups (broad SMARTS) is 1. The number of benzene rings is 3. The molecule has 7 nitrogen and oxygen atoms in total. The number of rotatable bonds is 1. The number of allylic oxidation sites excluding steroid dienone is 4. The minimum absolute atomic E-state index is 0.487. The third-order valence-corrected chi connectivity index (χ3v) is 8.49. The van der Waals surface area contributed by atoms with E-state index in [1.54, 1.807) is 0 Å². The third-order valence-electron chi connectivity index (χ3n) is 8.49. The summed E-state index contributed by atoms with van der Waals surface area (Å²) in [6, 6.07) is 21.1. The molecule has 8 bridgehead atoms. The van der Waals surface area contributed by atoms with Gasteiger partial charge in [0.25, 0.3) is 0 Å². The second kappa shape index (κ2) is 10.7. The van der Waals surface area contributed by atoms with Crippen LogP contribution in [0.3, 0.4) is 0 Å². The zero-order valence-electron chi connectivity index (χ0n) is 22.9. The number of nitrogens with zero attached hydrogens (tertiary/aromatic N) is 1. The maximum absolute atomic E-state index is 12.4. The first-order chi connectivity index (χ1) is 20.1. The van der Waals surface area contributed by atoms with Crippen LogP contribution in [0.25, 0.3) is 21.9 Å². The molecule has 2 heterocycles. The molecule has 0 radical (unpaired) electrons. The van der Waals surface area contributed by atoms with E-state index in [0.29, 0.717) is 12.0 Å². The average molecular weight is 544 g/mol. The van der Waals surface area contributed by atoms with E-state index < -0.39 is 5.97 Å². The number of hydrazine groups is 1. The van der Waals surface area contributed by atoms with E-state index in [4.69, 9.17) is 0 Å². The molecule has 5 N–H and O–H groups in total. The maximum atomic E-state index is 12.4. The number of aliphatic carboxylic acids is 1. The van der Waals surface area contributed by atoms with Gasteiger partial charge in [0.2, 0.25) is 0 Å². The fourth-order valence-electron chi connectivity index (χ4n) is 6.56. The monoisotopic (exact) mass is 543 g/mol. The first kappa shape index (κ1) is 25.2. The highest BCUT2D eigenvalue weighted by Crippen LogP contribution is 2.43. The maximum Gasteiger partial charge on any atom is 0.332 e. The van der Waals surface area contributed by atoms with E-state index in [0.717, 1.165) is 79.1 Å². The summed E-state index contributed by atoms with van der Waals surface area (Å²) >= 11 is 0. The van der Waals surface area contributed by atoms with Gasteiger partial charge in [0.1, 0.15) is 11.6 Å². The average Bonchev–Trinajstić information content (AvgIpc) is 3.72. The van der Waals surface area contributed by atoms with Crippen molar-refractivity contribution in [2.45, 2.75) is 44.9 Å². The third kappa shape index (κ3) is 4.88. The lowest BCUT2D eigenvalue weighted by Crippen LogP contribution is -2.09. The Labute approximate surface area is 239 Å². The fraction of sp³-hybridized carbons (Fsp3) is 0.235. The number of aromatic nitrogens is 2. The van der Waals surface area contributed by atoms with Crippen LogP contribution in [0.2, 0.25) is 0 Å². The predicted molar refractivity (Wildman–Crippen MR) is 166 cm³/mol. The Bertz CT molecular complexity index is 1760. The molecule has 0 spiro atoms. The van der Waals surface area contributed by atoms with Gasteiger partial charge in [-0.25, -0.2) is 4.79 Å². The van der Waals surface area contributed by atoms with Crippen LogP contribution >= 0.6 is 0 Å². The molecule has 0 fully saturated rings. The summed E-state index contributed by atoms with van der Waals surface area (Å²) in [5.41, 5.74) is 16.4. The summed E-state index contributed by atoms with van der Waals surface area (Å²) < 4.78 is 0. The molecule has 3 aromatic carbocycles. The molecule has 1 aliphatic heterocycles. The van der Waals surface area contributed by atoms with Crippen molar-refractivity contribution in [3.8, 4) is 0 Å². The van der Waals surface area contributed by atoms with Gasteiger partial charge in [-0.15, -0.1) is 0 Å². The lowest BCUT2D eigenvalue weighted by atomic mass is 9.90. The van der Waals surface area contributed by atoms with Crippen molar-refractivity contribution in [1.29, 1.82) is 0 Å². The van der Waals surface area contributed by atoms with Crippen molar-refractivity contribution in [3.05, 3.63) is 106 Å². The molecular weight excluding hydrogens is 510 g/mol. The fourth-order valence-corrected chi connectivity index (χ4v) is 6.56. The first-order valence-electron chi connectivity index (χ1n) is 14.4. The van der Waals surface area contributed by atoms with Gasteiger partial charge in [-0.3, -0.25) is 16.0 Å². The van der Waals surface area contributed by atoms with Gasteiger partial charge in [-0.2, -0.15) is 5.10 Å². The Morgan fingerprint density at radius 3 is 2.68 bits per heavy atom. The van der Waals surface area contributed by atoms with Crippen LogP contribution in [0.4, 0.5) is 17.3 Å². The molecule has 3 aliphatic rings. The van der Waals surface area contributed by atoms with Crippen LogP contribution in [0.15, 0.2) is 84.0 Å². The molecular formula is C34H33N5O2. The Morgan fingerprint density at radius 1 is 0.878 bits per heavy atom. The number of aryl methyl sites for hydroxylation is 1. The van der Waals surface area contributed by atoms with Gasteiger partial charge in [0.15, 0.2) is 0 Å². The van der Waals surface area contributed by atoms with Gasteiger partial charge in [-0.05, 0) is 100 Å². The summed E-state index contributed by atoms with van der Waals surface area (Å²) in [5, 5.41) is 23.5. The Kier molecular flexibility index (Phi) is 6.55. The van der Waals surface area contributed by atoms with E-state index in [9.17, 15) is 9.90 Å². The molecule has 206 valence electrons. The van der Waals surface area contributed by atoms with Crippen LogP contribution in [0, 0.1) is 0 Å². The highest BCUT2D eigenvalue weighted by molar-refractivity contribution is 6.01. The number of carboxylic acids is 1. The Balaban J connectivity index is 1.24. The lowest BCUT2D eigenvalue weighted by molar-refractivity contribution is -0.132. The first-order valence-corrected chi connectivity index (χ1v) is 14.4. The van der Waals surface area contributed by atoms with Crippen LogP contribution in [0.1, 0.15) is 54.4 Å². The number of hydrogen-bond donors (Lipinski definition) is 5. The number of aromatic amines is 1. The molecule has 7 heteroatoms. The molecule has 0 unspecified atom stereocenters. The summed E-state index contributed by atoms with van der Waals surface area (Å²) in [4.78, 5) is 12.4. The number of carbonyl (C=O) groups is 1. The molecule has 2 aliphatic carbocycles. The Hall–Kier alpha value is -4.78. The normalized spacial score (nSPS) is 17.0. The van der Waals surface area contributed by atoms with Gasteiger partial charge < -0.3 is 10.4 Å². The lowest BCUT2D eigenvalue weighted by Gasteiger charge is -2.15. The highest BCUT2D eigenvalue weighted by Gasteiger charge is 2.29. The van der Waals surface area contributed by atoms with Crippen LogP contribution in [-0.2, 0) is 17.6 Å². The molecule has 41 heavy (non-hydrogen) atoms. The topological polar surface area (TPSA) is 102 Å². The van der Waals surface area contributed by atoms with E-state index in [1.165, 1.54) is 33.0 Å².